The Hall–Kier alpha value is -0.870. The van der Waals surface area contributed by atoms with Crippen molar-refractivity contribution < 1.29 is 4.39 Å². The van der Waals surface area contributed by atoms with Gasteiger partial charge in [-0.1, -0.05) is 25.4 Å². The summed E-state index contributed by atoms with van der Waals surface area (Å²) >= 11 is 11.0. The number of fused-ring (bicyclic) bond motifs is 1. The van der Waals surface area contributed by atoms with Gasteiger partial charge in [0, 0.05) is 12.6 Å². The van der Waals surface area contributed by atoms with Crippen molar-refractivity contribution in [2.75, 3.05) is 0 Å². The summed E-state index contributed by atoms with van der Waals surface area (Å²) in [7, 11) is 0. The summed E-state index contributed by atoms with van der Waals surface area (Å²) in [4.78, 5) is 2.98. The third-order valence-electron chi connectivity index (χ3n) is 2.36. The van der Waals surface area contributed by atoms with E-state index in [1.165, 1.54) is 6.07 Å². The fraction of sp³-hybridized carbons (Fsp3) is 0.364. The molecule has 2 rings (SSSR count). The van der Waals surface area contributed by atoms with E-state index in [2.05, 4.69) is 18.8 Å². The molecule has 0 saturated heterocycles. The maximum atomic E-state index is 13.3. The zero-order valence-electron chi connectivity index (χ0n) is 9.05. The van der Waals surface area contributed by atoms with Crippen LogP contribution in [0.3, 0.4) is 0 Å². The van der Waals surface area contributed by atoms with Crippen LogP contribution < -0.4 is 0 Å². The van der Waals surface area contributed by atoms with E-state index in [-0.39, 0.29) is 5.02 Å². The molecule has 2 aromatic rings. The Morgan fingerprint density at radius 3 is 2.81 bits per heavy atom. The number of aromatic nitrogens is 2. The average molecular weight is 259 g/mol. The Morgan fingerprint density at radius 1 is 1.50 bits per heavy atom. The molecular formula is C11H12ClFN2S. The molecule has 16 heavy (non-hydrogen) atoms. The van der Waals surface area contributed by atoms with E-state index in [1.807, 2.05) is 4.57 Å². The normalized spacial score (nSPS) is 11.6. The molecule has 1 N–H and O–H groups in total. The molecule has 0 aliphatic rings. The first-order valence-electron chi connectivity index (χ1n) is 5.06. The van der Waals surface area contributed by atoms with Gasteiger partial charge in [-0.2, -0.15) is 0 Å². The molecule has 0 radical (unpaired) electrons. The molecule has 0 bridgehead atoms. The predicted molar refractivity (Wildman–Crippen MR) is 66.9 cm³/mol. The number of benzene rings is 1. The molecule has 0 atom stereocenters. The third-order valence-corrected chi connectivity index (χ3v) is 2.98. The standard InChI is InChI=1S/C11H12ClFN2S/c1-6(2)5-15-10-3-7(12)8(13)4-9(10)14-11(15)16/h3-4,6H,5H2,1-2H3,(H,14,16). The van der Waals surface area contributed by atoms with Crippen LogP contribution in [0.4, 0.5) is 4.39 Å². The molecule has 5 heteroatoms. The quantitative estimate of drug-likeness (QED) is 0.803. The number of halogens is 2. The monoisotopic (exact) mass is 258 g/mol. The number of imidazole rings is 1. The van der Waals surface area contributed by atoms with Gasteiger partial charge in [0.1, 0.15) is 5.82 Å². The van der Waals surface area contributed by atoms with E-state index in [0.29, 0.717) is 16.2 Å². The largest absolute Gasteiger partial charge is 0.330 e. The molecule has 0 aliphatic heterocycles. The number of hydrogen-bond acceptors (Lipinski definition) is 1. The summed E-state index contributed by atoms with van der Waals surface area (Å²) in [5, 5.41) is 0.124. The molecule has 1 aromatic heterocycles. The van der Waals surface area contributed by atoms with Crippen molar-refractivity contribution in [1.82, 2.24) is 9.55 Å². The molecule has 0 amide bonds. The van der Waals surface area contributed by atoms with Crippen LogP contribution in [0.25, 0.3) is 11.0 Å². The van der Waals surface area contributed by atoms with E-state index < -0.39 is 5.82 Å². The molecule has 1 aromatic carbocycles. The molecule has 0 spiro atoms. The Kier molecular flexibility index (Phi) is 3.04. The highest BCUT2D eigenvalue weighted by molar-refractivity contribution is 7.71. The summed E-state index contributed by atoms with van der Waals surface area (Å²) in [6.45, 7) is 5.00. The van der Waals surface area contributed by atoms with Crippen LogP contribution in [0.5, 0.6) is 0 Å². The highest BCUT2D eigenvalue weighted by Gasteiger charge is 2.09. The SMILES string of the molecule is CC(C)Cn1c(=S)[nH]c2cc(F)c(Cl)cc21. The maximum absolute atomic E-state index is 13.3. The predicted octanol–water partition coefficient (Wildman–Crippen LogP) is 4.15. The first kappa shape index (κ1) is 11.6. The Labute approximate surface area is 103 Å². The van der Waals surface area contributed by atoms with Crippen LogP contribution in [0.2, 0.25) is 5.02 Å². The fourth-order valence-corrected chi connectivity index (χ4v) is 2.14. The third kappa shape index (κ3) is 1.99. The lowest BCUT2D eigenvalue weighted by molar-refractivity contribution is 0.528. The summed E-state index contributed by atoms with van der Waals surface area (Å²) in [6.07, 6.45) is 0. The minimum atomic E-state index is -0.429. The Bertz CT molecular complexity index is 585. The van der Waals surface area contributed by atoms with Crippen molar-refractivity contribution >= 4 is 34.9 Å². The lowest BCUT2D eigenvalue weighted by Crippen LogP contribution is -2.04. The molecule has 0 fully saturated rings. The molecule has 1 heterocycles. The molecule has 0 aliphatic carbocycles. The summed E-state index contributed by atoms with van der Waals surface area (Å²) in [6, 6.07) is 2.99. The summed E-state index contributed by atoms with van der Waals surface area (Å²) in [5.74, 6) is 0.0386. The topological polar surface area (TPSA) is 20.7 Å². The molecule has 0 saturated carbocycles. The number of H-pyrrole nitrogens is 1. The van der Waals surface area contributed by atoms with Gasteiger partial charge in [-0.3, -0.25) is 0 Å². The van der Waals surface area contributed by atoms with Gasteiger partial charge >= 0.3 is 0 Å². The van der Waals surface area contributed by atoms with Crippen molar-refractivity contribution in [2.24, 2.45) is 5.92 Å². The minimum absolute atomic E-state index is 0.124. The average Bonchev–Trinajstić information content (AvgIpc) is 2.45. The maximum Gasteiger partial charge on any atom is 0.178 e. The summed E-state index contributed by atoms with van der Waals surface area (Å²) < 4.78 is 15.8. The summed E-state index contributed by atoms with van der Waals surface area (Å²) in [5.41, 5.74) is 1.54. The van der Waals surface area contributed by atoms with Crippen LogP contribution in [0, 0.1) is 16.5 Å². The van der Waals surface area contributed by atoms with Gasteiger partial charge in [-0.05, 0) is 24.2 Å². The number of hydrogen-bond donors (Lipinski definition) is 1. The smallest absolute Gasteiger partial charge is 0.178 e. The molecule has 0 unspecified atom stereocenters. The number of nitrogens with one attached hydrogen (secondary N) is 1. The van der Waals surface area contributed by atoms with E-state index in [0.717, 1.165) is 12.1 Å². The Balaban J connectivity index is 2.69. The van der Waals surface area contributed by atoms with Crippen LogP contribution in [-0.4, -0.2) is 9.55 Å². The van der Waals surface area contributed by atoms with E-state index in [9.17, 15) is 4.39 Å². The van der Waals surface area contributed by atoms with Crippen molar-refractivity contribution in [3.63, 3.8) is 0 Å². The van der Waals surface area contributed by atoms with E-state index >= 15 is 0 Å². The minimum Gasteiger partial charge on any atom is -0.330 e. The molecule has 86 valence electrons. The van der Waals surface area contributed by atoms with E-state index in [4.69, 9.17) is 23.8 Å². The van der Waals surface area contributed by atoms with Gasteiger partial charge in [0.15, 0.2) is 4.77 Å². The molecule has 2 nitrogen and oxygen atoms in total. The van der Waals surface area contributed by atoms with Crippen LogP contribution in [-0.2, 0) is 6.54 Å². The number of aromatic amines is 1. The van der Waals surface area contributed by atoms with Crippen molar-refractivity contribution in [3.05, 3.63) is 27.7 Å². The first-order valence-corrected chi connectivity index (χ1v) is 5.85. The second-order valence-corrected chi connectivity index (χ2v) is 5.01. The van der Waals surface area contributed by atoms with Gasteiger partial charge in [-0.25, -0.2) is 4.39 Å². The second-order valence-electron chi connectivity index (χ2n) is 4.22. The Morgan fingerprint density at radius 2 is 2.19 bits per heavy atom. The van der Waals surface area contributed by atoms with Gasteiger partial charge in [-0.15, -0.1) is 0 Å². The first-order chi connectivity index (χ1) is 7.49. The highest BCUT2D eigenvalue weighted by Crippen LogP contribution is 2.23. The van der Waals surface area contributed by atoms with Gasteiger partial charge in [0.2, 0.25) is 0 Å². The van der Waals surface area contributed by atoms with Gasteiger partial charge in [0.25, 0.3) is 0 Å². The van der Waals surface area contributed by atoms with E-state index in [1.54, 1.807) is 6.07 Å². The molecular weight excluding hydrogens is 247 g/mol. The second kappa shape index (κ2) is 4.18. The van der Waals surface area contributed by atoms with Gasteiger partial charge in [0.05, 0.1) is 16.1 Å². The zero-order chi connectivity index (χ0) is 11.9. The highest BCUT2D eigenvalue weighted by atomic mass is 35.5. The van der Waals surface area contributed by atoms with Crippen LogP contribution >= 0.6 is 23.8 Å². The lowest BCUT2D eigenvalue weighted by Gasteiger charge is -2.07. The zero-order valence-corrected chi connectivity index (χ0v) is 10.6. The fourth-order valence-electron chi connectivity index (χ4n) is 1.70. The van der Waals surface area contributed by atoms with Gasteiger partial charge < -0.3 is 9.55 Å². The number of rotatable bonds is 2. The lowest BCUT2D eigenvalue weighted by atomic mass is 10.2. The van der Waals surface area contributed by atoms with Crippen LogP contribution in [0.15, 0.2) is 12.1 Å². The number of nitrogens with zero attached hydrogens (tertiary/aromatic N) is 1. The van der Waals surface area contributed by atoms with Crippen molar-refractivity contribution in [3.8, 4) is 0 Å². The van der Waals surface area contributed by atoms with Crippen molar-refractivity contribution in [1.29, 1.82) is 0 Å². The van der Waals surface area contributed by atoms with Crippen LogP contribution in [0.1, 0.15) is 13.8 Å². The van der Waals surface area contributed by atoms with Crippen molar-refractivity contribution in [2.45, 2.75) is 20.4 Å².